The van der Waals surface area contributed by atoms with E-state index >= 15 is 0 Å². The molecule has 22 heavy (non-hydrogen) atoms. The van der Waals surface area contributed by atoms with Gasteiger partial charge in [-0.05, 0) is 0 Å². The average Bonchev–Trinajstić information content (AvgIpc) is 3.39. The predicted octanol–water partition coefficient (Wildman–Crippen LogP) is -2.43. The summed E-state index contributed by atoms with van der Waals surface area (Å²) in [7, 11) is 0. The lowest BCUT2D eigenvalue weighted by atomic mass is 10.4. The monoisotopic (exact) mass is 348 g/mol. The Morgan fingerprint density at radius 1 is 1.23 bits per heavy atom. The first kappa shape index (κ1) is 5.59. The summed E-state index contributed by atoms with van der Waals surface area (Å²) in [4.78, 5) is 39.5. The Labute approximate surface area is 150 Å². The standard InChI is InChI=1S/C12H16ClN3O6/c13-1-7(17)2-14-10(18)15(3-8-5-21-8)12(20)16(11(14)19)4-9-6-22-9/h7-9,17H,1-6H2/i1D2,2D2,3D2,4D2,5D2,6D2,7D,8D,9D. The van der Waals surface area contributed by atoms with Gasteiger partial charge in [-0.25, -0.2) is 28.1 Å². The highest BCUT2D eigenvalue weighted by Gasteiger charge is 2.29. The minimum Gasteiger partial charge on any atom is -0.390 e. The number of aromatic nitrogens is 3. The van der Waals surface area contributed by atoms with Crippen molar-refractivity contribution < 1.29 is 35.1 Å². The van der Waals surface area contributed by atoms with Crippen LogP contribution in [0.2, 0.25) is 0 Å². The summed E-state index contributed by atoms with van der Waals surface area (Å²) < 4.78 is 122. The second-order valence-electron chi connectivity index (χ2n) is 3.70. The largest absolute Gasteiger partial charge is 0.390 e. The lowest BCUT2D eigenvalue weighted by molar-refractivity contribution is 0.169. The molecule has 1 aromatic rings. The second-order valence-corrected chi connectivity index (χ2v) is 3.89. The van der Waals surface area contributed by atoms with Gasteiger partial charge in [-0.15, -0.1) is 11.6 Å². The average molecular weight is 349 g/mol. The highest BCUT2D eigenvalue weighted by atomic mass is 35.5. The van der Waals surface area contributed by atoms with Crippen LogP contribution in [0.15, 0.2) is 14.4 Å². The number of ether oxygens (including phenoxy) is 2. The molecule has 9 nitrogen and oxygen atoms in total. The maximum Gasteiger partial charge on any atom is 0.336 e. The van der Waals surface area contributed by atoms with Gasteiger partial charge >= 0.3 is 17.1 Å². The molecular formula is C12H16ClN3O6. The van der Waals surface area contributed by atoms with Gasteiger partial charge in [0.2, 0.25) is 0 Å². The van der Waals surface area contributed by atoms with Gasteiger partial charge in [0.25, 0.3) is 0 Å². The fourth-order valence-electron chi connectivity index (χ4n) is 1.30. The fraction of sp³-hybridized carbons (Fsp3) is 0.750. The number of rotatable bonds is 7. The molecule has 0 aliphatic carbocycles. The Morgan fingerprint density at radius 3 is 2.00 bits per heavy atom. The van der Waals surface area contributed by atoms with Crippen LogP contribution in [0.3, 0.4) is 0 Å². The van der Waals surface area contributed by atoms with Gasteiger partial charge in [0.1, 0.15) is 0 Å². The minimum atomic E-state index is -4.38. The van der Waals surface area contributed by atoms with E-state index in [1.165, 1.54) is 0 Å². The highest BCUT2D eigenvalue weighted by molar-refractivity contribution is 6.18. The summed E-state index contributed by atoms with van der Waals surface area (Å²) in [6.07, 6.45) is -11.2. The number of hydrogen-bond acceptors (Lipinski definition) is 6. The van der Waals surface area contributed by atoms with Crippen LogP contribution in [0.1, 0.15) is 20.6 Å². The molecule has 1 N–H and O–H groups in total. The molecule has 3 unspecified atom stereocenters. The van der Waals surface area contributed by atoms with Crippen LogP contribution in [0, 0.1) is 0 Å². The Kier molecular flexibility index (Phi) is 1.52. The van der Waals surface area contributed by atoms with Crippen LogP contribution >= 0.6 is 11.6 Å². The molecule has 3 heterocycles. The molecule has 0 radical (unpaired) electrons. The van der Waals surface area contributed by atoms with Crippen molar-refractivity contribution in [3.63, 3.8) is 0 Å². The maximum atomic E-state index is 13.2. The van der Waals surface area contributed by atoms with Crippen molar-refractivity contribution in [3.8, 4) is 0 Å². The van der Waals surface area contributed by atoms with Crippen LogP contribution in [0.25, 0.3) is 0 Å². The molecule has 0 aromatic carbocycles. The van der Waals surface area contributed by atoms with E-state index in [2.05, 4.69) is 9.47 Å². The third-order valence-electron chi connectivity index (χ3n) is 2.29. The summed E-state index contributed by atoms with van der Waals surface area (Å²) in [6.45, 7) is -18.8. The molecule has 2 fully saturated rings. The molecule has 3 rings (SSSR count). The number of halogens is 1. The molecule has 0 amide bonds. The quantitative estimate of drug-likeness (QED) is 0.433. The van der Waals surface area contributed by atoms with Crippen molar-refractivity contribution in [1.29, 1.82) is 0 Å². The van der Waals surface area contributed by atoms with Gasteiger partial charge in [0, 0.05) is 2.74 Å². The van der Waals surface area contributed by atoms with Crippen molar-refractivity contribution in [2.24, 2.45) is 0 Å². The van der Waals surface area contributed by atoms with Crippen molar-refractivity contribution in [2.75, 3.05) is 19.0 Å². The van der Waals surface area contributed by atoms with E-state index in [1.54, 1.807) is 0 Å². The van der Waals surface area contributed by atoms with Gasteiger partial charge in [-0.1, -0.05) is 0 Å². The first-order valence-electron chi connectivity index (χ1n) is 12.9. The number of alkyl halides is 1. The van der Waals surface area contributed by atoms with Crippen molar-refractivity contribution in [2.45, 2.75) is 37.7 Å². The molecule has 10 heteroatoms. The van der Waals surface area contributed by atoms with E-state index in [4.69, 9.17) is 32.2 Å². The van der Waals surface area contributed by atoms with Crippen molar-refractivity contribution >= 4 is 11.6 Å². The minimum absolute atomic E-state index is 0.886. The Morgan fingerprint density at radius 2 is 1.64 bits per heavy atom. The first-order valence-corrected chi connectivity index (χ1v) is 5.73. The van der Waals surface area contributed by atoms with Crippen molar-refractivity contribution in [1.82, 2.24) is 13.7 Å². The number of hydrogen-bond donors (Lipinski definition) is 1. The van der Waals surface area contributed by atoms with Gasteiger partial charge < -0.3 is 14.6 Å². The van der Waals surface area contributed by atoms with Gasteiger partial charge in [0.15, 0.2) is 0 Å². The van der Waals surface area contributed by atoms with E-state index in [9.17, 15) is 19.5 Å². The summed E-state index contributed by atoms with van der Waals surface area (Å²) in [5, 5.41) is 10.2. The van der Waals surface area contributed by atoms with Crippen LogP contribution < -0.4 is 17.1 Å². The first-order chi connectivity index (χ1) is 16.0. The topological polar surface area (TPSA) is 111 Å². The lowest BCUT2D eigenvalue weighted by Crippen LogP contribution is -2.56. The van der Waals surface area contributed by atoms with E-state index < -0.39 is 87.5 Å². The molecule has 0 saturated carbocycles. The lowest BCUT2D eigenvalue weighted by Gasteiger charge is -2.14. The Balaban J connectivity index is 2.55. The third-order valence-corrected chi connectivity index (χ3v) is 2.47. The summed E-state index contributed by atoms with van der Waals surface area (Å²) in [6, 6.07) is 0. The smallest absolute Gasteiger partial charge is 0.336 e. The Hall–Kier alpha value is -1.42. The summed E-state index contributed by atoms with van der Waals surface area (Å²) in [5.74, 6) is -3.83. The summed E-state index contributed by atoms with van der Waals surface area (Å²) in [5.41, 5.74) is -7.38. The predicted molar refractivity (Wildman–Crippen MR) is 75.4 cm³/mol. The summed E-state index contributed by atoms with van der Waals surface area (Å²) >= 11 is 5.21. The zero-order chi connectivity index (χ0) is 29.4. The van der Waals surface area contributed by atoms with Crippen LogP contribution in [-0.2, 0) is 29.0 Å². The third kappa shape index (κ3) is 3.17. The van der Waals surface area contributed by atoms with Crippen molar-refractivity contribution in [3.05, 3.63) is 31.5 Å². The van der Waals surface area contributed by atoms with E-state index in [0.29, 0.717) is 0 Å². The van der Waals surface area contributed by atoms with Gasteiger partial charge in [-0.3, -0.25) is 0 Å². The number of aliphatic hydroxyl groups is 1. The van der Waals surface area contributed by atoms with Crippen LogP contribution in [0.4, 0.5) is 0 Å². The molecule has 2 saturated heterocycles. The molecule has 0 bridgehead atoms. The Bertz CT molecular complexity index is 1270. The van der Waals surface area contributed by atoms with Crippen LogP contribution in [-0.4, -0.2) is 56.0 Å². The SMILES string of the molecule is [2H]C([2H])(Cl)C([2H])(O)C([2H])([2H])n1c(=O)n(C([2H])([2H])C2([2H])OC2([2H])[2H])c(=O)n(C([2H])([2H])C2([2H])OC2([2H])[2H])c1=O. The zero-order valence-electron chi connectivity index (χ0n) is 25.2. The highest BCUT2D eigenvalue weighted by Crippen LogP contribution is 2.10. The number of nitrogens with zero attached hydrogens (tertiary/aromatic N) is 3. The second kappa shape index (κ2) is 5.99. The molecule has 1 aromatic heterocycles. The molecular weight excluding hydrogens is 318 g/mol. The molecule has 2 aliphatic heterocycles. The van der Waals surface area contributed by atoms with E-state index in [0.717, 1.165) is 0 Å². The molecule has 3 atom stereocenters. The van der Waals surface area contributed by atoms with E-state index in [1.807, 2.05) is 0 Å². The van der Waals surface area contributed by atoms with Gasteiger partial charge in [-0.2, -0.15) is 0 Å². The number of epoxide rings is 2. The molecule has 0 spiro atoms. The fourth-order valence-corrected chi connectivity index (χ4v) is 1.35. The maximum absolute atomic E-state index is 13.2. The molecule has 2 aliphatic rings. The van der Waals surface area contributed by atoms with E-state index in [-0.39, 0.29) is 0 Å². The van der Waals surface area contributed by atoms with Crippen LogP contribution in [0.5, 0.6) is 0 Å². The zero-order valence-corrected chi connectivity index (χ0v) is 11.0. The normalized spacial score (nSPS) is 49.6. The van der Waals surface area contributed by atoms with Gasteiger partial charge in [0.05, 0.1) is 74.5 Å². The molecule has 122 valence electrons.